The van der Waals surface area contributed by atoms with Crippen LogP contribution >= 0.6 is 23.1 Å². The van der Waals surface area contributed by atoms with Crippen molar-refractivity contribution in [1.29, 1.82) is 0 Å². The number of pyridine rings is 1. The number of hydrogen-bond acceptors (Lipinski definition) is 8. The standard InChI is InChI=1S/C16H14N4O5S2/c1-19-7-13(22)12(21)4-10(19)6-17-15(23)8-26-16-18-11-3-2-9(20(24)25)5-14(11)27-16/h2-5,7,22H,6,8H2,1H3,(H,17,23). The summed E-state index contributed by atoms with van der Waals surface area (Å²) < 4.78 is 2.88. The third-order valence-electron chi connectivity index (χ3n) is 3.68. The van der Waals surface area contributed by atoms with Crippen LogP contribution in [0.5, 0.6) is 5.75 Å². The van der Waals surface area contributed by atoms with E-state index in [1.807, 2.05) is 0 Å². The first-order valence-electron chi connectivity index (χ1n) is 7.66. The molecule has 0 saturated carbocycles. The molecule has 2 N–H and O–H groups in total. The van der Waals surface area contributed by atoms with Gasteiger partial charge in [-0.1, -0.05) is 11.8 Å². The Labute approximate surface area is 160 Å². The molecule has 0 saturated heterocycles. The smallest absolute Gasteiger partial charge is 0.270 e. The Kier molecular flexibility index (Phi) is 5.42. The summed E-state index contributed by atoms with van der Waals surface area (Å²) in [5.74, 6) is -0.474. The third kappa shape index (κ3) is 4.44. The Balaban J connectivity index is 1.59. The first-order chi connectivity index (χ1) is 12.8. The van der Waals surface area contributed by atoms with E-state index in [9.17, 15) is 24.8 Å². The Bertz CT molecular complexity index is 1090. The van der Waals surface area contributed by atoms with E-state index in [4.69, 9.17) is 0 Å². The molecule has 11 heteroatoms. The molecule has 140 valence electrons. The fourth-order valence-electron chi connectivity index (χ4n) is 2.27. The molecule has 3 aromatic rings. The number of rotatable bonds is 6. The number of carbonyl (C=O) groups excluding carboxylic acids is 1. The van der Waals surface area contributed by atoms with Crippen LogP contribution in [0.25, 0.3) is 10.2 Å². The first-order valence-corrected chi connectivity index (χ1v) is 9.46. The van der Waals surface area contributed by atoms with E-state index in [0.29, 0.717) is 20.3 Å². The van der Waals surface area contributed by atoms with Crippen molar-refractivity contribution in [3.8, 4) is 5.75 Å². The first kappa shape index (κ1) is 18.9. The minimum absolute atomic E-state index is 0.0000434. The summed E-state index contributed by atoms with van der Waals surface area (Å²) in [6.07, 6.45) is 1.29. The minimum Gasteiger partial charge on any atom is -0.503 e. The lowest BCUT2D eigenvalue weighted by Crippen LogP contribution is -2.26. The molecule has 0 atom stereocenters. The van der Waals surface area contributed by atoms with Gasteiger partial charge in [-0.05, 0) is 6.07 Å². The van der Waals surface area contributed by atoms with Crippen LogP contribution in [0, 0.1) is 10.1 Å². The van der Waals surface area contributed by atoms with Crippen molar-refractivity contribution in [2.75, 3.05) is 5.75 Å². The number of thioether (sulfide) groups is 1. The molecule has 2 aromatic heterocycles. The van der Waals surface area contributed by atoms with Crippen molar-refractivity contribution in [1.82, 2.24) is 14.9 Å². The number of fused-ring (bicyclic) bond motifs is 1. The monoisotopic (exact) mass is 406 g/mol. The summed E-state index contributed by atoms with van der Waals surface area (Å²) in [5.41, 5.74) is 0.700. The number of aromatic nitrogens is 2. The lowest BCUT2D eigenvalue weighted by Gasteiger charge is -2.09. The van der Waals surface area contributed by atoms with E-state index >= 15 is 0 Å². The van der Waals surface area contributed by atoms with Crippen LogP contribution in [0.2, 0.25) is 0 Å². The van der Waals surface area contributed by atoms with Gasteiger partial charge >= 0.3 is 0 Å². The van der Waals surface area contributed by atoms with Gasteiger partial charge in [-0.25, -0.2) is 4.98 Å². The Hall–Kier alpha value is -2.92. The molecule has 0 unspecified atom stereocenters. The zero-order chi connectivity index (χ0) is 19.6. The van der Waals surface area contributed by atoms with Gasteiger partial charge < -0.3 is 15.0 Å². The second kappa shape index (κ2) is 7.76. The normalized spacial score (nSPS) is 10.9. The van der Waals surface area contributed by atoms with Crippen molar-refractivity contribution in [2.24, 2.45) is 7.05 Å². The number of aryl methyl sites for hydroxylation is 1. The molecule has 2 heterocycles. The second-order valence-corrected chi connectivity index (χ2v) is 7.83. The van der Waals surface area contributed by atoms with Gasteiger partial charge in [-0.3, -0.25) is 19.7 Å². The molecule has 9 nitrogen and oxygen atoms in total. The molecule has 3 rings (SSSR count). The largest absolute Gasteiger partial charge is 0.503 e. The second-order valence-electron chi connectivity index (χ2n) is 5.58. The molecular formula is C16H14N4O5S2. The van der Waals surface area contributed by atoms with Gasteiger partial charge in [0.1, 0.15) is 0 Å². The summed E-state index contributed by atoms with van der Waals surface area (Å²) in [6, 6.07) is 5.70. The number of aromatic hydroxyl groups is 1. The molecule has 0 bridgehead atoms. The number of nitrogens with zero attached hydrogens (tertiary/aromatic N) is 3. The number of hydrogen-bond donors (Lipinski definition) is 2. The molecule has 1 aromatic carbocycles. The fourth-order valence-corrected chi connectivity index (χ4v) is 4.20. The average molecular weight is 406 g/mol. The maximum atomic E-state index is 12.0. The highest BCUT2D eigenvalue weighted by atomic mass is 32.2. The van der Waals surface area contributed by atoms with Gasteiger partial charge in [-0.2, -0.15) is 0 Å². The maximum absolute atomic E-state index is 12.0. The van der Waals surface area contributed by atoms with Crippen LogP contribution in [0.4, 0.5) is 5.69 Å². The minimum atomic E-state index is -0.504. The molecule has 0 aliphatic rings. The highest BCUT2D eigenvalue weighted by Gasteiger charge is 2.12. The molecular weight excluding hydrogens is 392 g/mol. The van der Waals surface area contributed by atoms with Crippen molar-refractivity contribution in [2.45, 2.75) is 10.9 Å². The highest BCUT2D eigenvalue weighted by molar-refractivity contribution is 8.01. The molecule has 0 fully saturated rings. The Morgan fingerprint density at radius 3 is 2.96 bits per heavy atom. The summed E-state index contributed by atoms with van der Waals surface area (Å²) in [4.78, 5) is 38.2. The predicted octanol–water partition coefficient (Wildman–Crippen LogP) is 2.02. The molecule has 27 heavy (non-hydrogen) atoms. The van der Waals surface area contributed by atoms with Gasteiger partial charge in [0.05, 0.1) is 27.4 Å². The zero-order valence-electron chi connectivity index (χ0n) is 14.0. The van der Waals surface area contributed by atoms with Crippen LogP contribution in [0.3, 0.4) is 0 Å². The van der Waals surface area contributed by atoms with Crippen LogP contribution in [-0.2, 0) is 18.4 Å². The van der Waals surface area contributed by atoms with Crippen molar-refractivity contribution >= 4 is 44.9 Å². The molecule has 0 radical (unpaired) electrons. The highest BCUT2D eigenvalue weighted by Crippen LogP contribution is 2.31. The molecule has 1 amide bonds. The van der Waals surface area contributed by atoms with Gasteiger partial charge in [0, 0.05) is 37.1 Å². The Morgan fingerprint density at radius 2 is 2.22 bits per heavy atom. The van der Waals surface area contributed by atoms with E-state index in [0.717, 1.165) is 0 Å². The molecule has 0 aliphatic carbocycles. The molecule has 0 spiro atoms. The Morgan fingerprint density at radius 1 is 1.44 bits per heavy atom. The van der Waals surface area contributed by atoms with Gasteiger partial charge in [0.15, 0.2) is 10.1 Å². The summed E-state index contributed by atoms with van der Waals surface area (Å²) in [5, 5.41) is 22.9. The SMILES string of the molecule is Cn1cc(O)c(=O)cc1CNC(=O)CSc1nc2ccc([N+](=O)[O-])cc2s1. The third-order valence-corrected chi connectivity index (χ3v) is 5.84. The van der Waals surface area contributed by atoms with Crippen LogP contribution in [0.1, 0.15) is 5.69 Å². The van der Waals surface area contributed by atoms with Crippen molar-refractivity contribution < 1.29 is 14.8 Å². The van der Waals surface area contributed by atoms with Gasteiger partial charge in [-0.15, -0.1) is 11.3 Å². The zero-order valence-corrected chi connectivity index (χ0v) is 15.7. The quantitative estimate of drug-likeness (QED) is 0.364. The average Bonchev–Trinajstić information content (AvgIpc) is 3.03. The number of nitrogens with one attached hydrogen (secondary N) is 1. The summed E-state index contributed by atoms with van der Waals surface area (Å²) in [7, 11) is 1.66. The summed E-state index contributed by atoms with van der Waals surface area (Å²) >= 11 is 2.52. The summed E-state index contributed by atoms with van der Waals surface area (Å²) in [6.45, 7) is 0.150. The number of nitro groups is 1. The van der Waals surface area contributed by atoms with Crippen LogP contribution in [0.15, 0.2) is 39.6 Å². The number of thiazole rings is 1. The lowest BCUT2D eigenvalue weighted by molar-refractivity contribution is -0.384. The van der Waals surface area contributed by atoms with Crippen LogP contribution in [-0.4, -0.2) is 31.2 Å². The number of nitro benzene ring substituents is 1. The number of non-ortho nitro benzene ring substituents is 1. The topological polar surface area (TPSA) is 127 Å². The van der Waals surface area contributed by atoms with E-state index in [1.54, 1.807) is 17.7 Å². The van der Waals surface area contributed by atoms with Crippen molar-refractivity contribution in [3.05, 3.63) is 56.5 Å². The van der Waals surface area contributed by atoms with E-state index in [-0.39, 0.29) is 29.6 Å². The van der Waals surface area contributed by atoms with Gasteiger partial charge in [0.25, 0.3) is 5.69 Å². The van der Waals surface area contributed by atoms with E-state index in [2.05, 4.69) is 10.3 Å². The predicted molar refractivity (Wildman–Crippen MR) is 102 cm³/mol. The maximum Gasteiger partial charge on any atom is 0.270 e. The number of carbonyl (C=O) groups is 1. The fraction of sp³-hybridized carbons (Fsp3) is 0.188. The molecule has 0 aliphatic heterocycles. The van der Waals surface area contributed by atoms with E-state index < -0.39 is 10.4 Å². The van der Waals surface area contributed by atoms with Crippen molar-refractivity contribution in [3.63, 3.8) is 0 Å². The number of amides is 1. The van der Waals surface area contributed by atoms with Crippen LogP contribution < -0.4 is 10.7 Å². The number of benzene rings is 1. The van der Waals surface area contributed by atoms with Gasteiger partial charge in [0.2, 0.25) is 11.3 Å². The van der Waals surface area contributed by atoms with E-state index in [1.165, 1.54) is 47.5 Å². The lowest BCUT2D eigenvalue weighted by atomic mass is 10.3.